The van der Waals surface area contributed by atoms with E-state index >= 15 is 0 Å². The van der Waals surface area contributed by atoms with Crippen LogP contribution in [0.1, 0.15) is 56.1 Å². The Morgan fingerprint density at radius 1 is 1.25 bits per heavy atom. The first-order valence-electron chi connectivity index (χ1n) is 9.03. The number of halogens is 1. The second-order valence-corrected chi connectivity index (χ2v) is 7.68. The van der Waals surface area contributed by atoms with Crippen molar-refractivity contribution in [2.24, 2.45) is 0 Å². The van der Waals surface area contributed by atoms with E-state index in [-0.39, 0.29) is 17.2 Å². The molecule has 1 heterocycles. The molecular formula is C21H22FN3O3. The van der Waals surface area contributed by atoms with Gasteiger partial charge in [0.1, 0.15) is 17.1 Å². The molecule has 1 aliphatic rings. The quantitative estimate of drug-likeness (QED) is 0.806. The average Bonchev–Trinajstić information content (AvgIpc) is 2.60. The second-order valence-electron chi connectivity index (χ2n) is 7.68. The predicted molar refractivity (Wildman–Crippen MR) is 104 cm³/mol. The van der Waals surface area contributed by atoms with Crippen LogP contribution in [0.2, 0.25) is 0 Å². The fraction of sp³-hybridized carbons (Fsp3) is 0.333. The van der Waals surface area contributed by atoms with Gasteiger partial charge < -0.3 is 10.5 Å². The Morgan fingerprint density at radius 2 is 2.00 bits per heavy atom. The molecule has 6 nitrogen and oxygen atoms in total. The number of aromatic nitrogens is 2. The van der Waals surface area contributed by atoms with Crippen LogP contribution in [0.15, 0.2) is 30.5 Å². The van der Waals surface area contributed by atoms with Gasteiger partial charge in [-0.2, -0.15) is 0 Å². The summed E-state index contributed by atoms with van der Waals surface area (Å²) >= 11 is 0. The number of carbonyl (C=O) groups excluding carboxylic acids is 2. The van der Waals surface area contributed by atoms with Crippen molar-refractivity contribution in [3.8, 4) is 11.3 Å². The second kappa shape index (κ2) is 7.50. The highest BCUT2D eigenvalue weighted by molar-refractivity contribution is 5.98. The van der Waals surface area contributed by atoms with Crippen LogP contribution in [0.5, 0.6) is 0 Å². The van der Waals surface area contributed by atoms with E-state index in [0.717, 1.165) is 18.4 Å². The number of hydrogen-bond acceptors (Lipinski definition) is 6. The van der Waals surface area contributed by atoms with Crippen molar-refractivity contribution in [3.05, 3.63) is 47.5 Å². The maximum Gasteiger partial charge on any atom is 0.341 e. The molecule has 0 amide bonds. The monoisotopic (exact) mass is 383 g/mol. The lowest BCUT2D eigenvalue weighted by atomic mass is 9.96. The van der Waals surface area contributed by atoms with Crippen molar-refractivity contribution in [3.63, 3.8) is 0 Å². The van der Waals surface area contributed by atoms with E-state index in [1.54, 1.807) is 32.9 Å². The van der Waals surface area contributed by atoms with Crippen LogP contribution >= 0.6 is 0 Å². The third-order valence-electron chi connectivity index (χ3n) is 4.19. The van der Waals surface area contributed by atoms with E-state index in [1.165, 1.54) is 18.3 Å². The summed E-state index contributed by atoms with van der Waals surface area (Å²) in [4.78, 5) is 32.3. The summed E-state index contributed by atoms with van der Waals surface area (Å²) < 4.78 is 19.7. The first-order chi connectivity index (χ1) is 13.1. The predicted octanol–water partition coefficient (Wildman–Crippen LogP) is 3.96. The van der Waals surface area contributed by atoms with E-state index in [1.807, 2.05) is 0 Å². The van der Waals surface area contributed by atoms with Gasteiger partial charge in [-0.1, -0.05) is 6.07 Å². The van der Waals surface area contributed by atoms with Gasteiger partial charge in [0.25, 0.3) is 0 Å². The Bertz CT molecular complexity index is 977. The van der Waals surface area contributed by atoms with Gasteiger partial charge in [0.2, 0.25) is 0 Å². The molecule has 3 rings (SSSR count). The zero-order chi connectivity index (χ0) is 20.5. The van der Waals surface area contributed by atoms with E-state index in [0.29, 0.717) is 23.4 Å². The number of allylic oxidation sites excluding steroid dienone is 2. The Labute approximate surface area is 162 Å². The van der Waals surface area contributed by atoms with Gasteiger partial charge in [-0.3, -0.25) is 9.78 Å². The van der Waals surface area contributed by atoms with Crippen LogP contribution in [0, 0.1) is 5.82 Å². The van der Waals surface area contributed by atoms with Crippen LogP contribution in [0.3, 0.4) is 0 Å². The minimum atomic E-state index is -0.736. The molecule has 0 saturated heterocycles. The van der Waals surface area contributed by atoms with Gasteiger partial charge in [-0.25, -0.2) is 14.2 Å². The molecule has 1 aromatic heterocycles. The third-order valence-corrected chi connectivity index (χ3v) is 4.19. The Kier molecular flexibility index (Phi) is 5.27. The van der Waals surface area contributed by atoms with E-state index in [9.17, 15) is 14.0 Å². The maximum absolute atomic E-state index is 14.5. The lowest BCUT2D eigenvalue weighted by Crippen LogP contribution is -2.24. The van der Waals surface area contributed by atoms with Gasteiger partial charge >= 0.3 is 5.97 Å². The van der Waals surface area contributed by atoms with E-state index < -0.39 is 17.4 Å². The van der Waals surface area contributed by atoms with Crippen molar-refractivity contribution >= 4 is 23.1 Å². The van der Waals surface area contributed by atoms with Gasteiger partial charge in [0.05, 0.1) is 17.5 Å². The summed E-state index contributed by atoms with van der Waals surface area (Å²) in [5.41, 5.74) is 7.19. The van der Waals surface area contributed by atoms with Crippen LogP contribution in [0.4, 0.5) is 10.2 Å². The van der Waals surface area contributed by atoms with Crippen LogP contribution in [-0.2, 0) is 9.53 Å². The summed E-state index contributed by atoms with van der Waals surface area (Å²) in [5.74, 6) is -1.27. The highest BCUT2D eigenvalue weighted by atomic mass is 19.1. The Balaban J connectivity index is 1.89. The van der Waals surface area contributed by atoms with Crippen molar-refractivity contribution in [1.29, 1.82) is 0 Å². The molecule has 0 saturated carbocycles. The molecule has 2 N–H and O–H groups in total. The van der Waals surface area contributed by atoms with Crippen molar-refractivity contribution < 1.29 is 18.7 Å². The molecular weight excluding hydrogens is 361 g/mol. The maximum atomic E-state index is 14.5. The largest absolute Gasteiger partial charge is 0.456 e. The number of carbonyl (C=O) groups is 2. The van der Waals surface area contributed by atoms with E-state index in [2.05, 4.69) is 9.97 Å². The van der Waals surface area contributed by atoms with Gasteiger partial charge in [-0.15, -0.1) is 0 Å². The zero-order valence-corrected chi connectivity index (χ0v) is 16.1. The smallest absolute Gasteiger partial charge is 0.341 e. The SMILES string of the molecule is CC(C)(C)OC(=O)c1ccc(-c2ncc(C3=CC(=O)CCC3)nc2N)cc1F. The molecule has 0 aliphatic heterocycles. The number of esters is 1. The molecule has 2 aromatic rings. The highest BCUT2D eigenvalue weighted by Gasteiger charge is 2.22. The normalized spacial score (nSPS) is 14.6. The van der Waals surface area contributed by atoms with Crippen molar-refractivity contribution in [1.82, 2.24) is 9.97 Å². The lowest BCUT2D eigenvalue weighted by molar-refractivity contribution is -0.114. The number of ketones is 1. The standard InChI is InChI=1S/C21H22FN3O3/c1-21(2,3)28-20(27)15-8-7-13(10-16(15)22)18-19(23)25-17(11-24-18)12-5-4-6-14(26)9-12/h7-11H,4-6H2,1-3H3,(H2,23,25). The summed E-state index contributed by atoms with van der Waals surface area (Å²) in [6, 6.07) is 4.07. The number of nitrogen functional groups attached to an aromatic ring is 1. The first kappa shape index (κ1) is 19.7. The molecule has 1 aliphatic carbocycles. The first-order valence-corrected chi connectivity index (χ1v) is 9.03. The average molecular weight is 383 g/mol. The Morgan fingerprint density at radius 3 is 2.61 bits per heavy atom. The molecule has 7 heteroatoms. The molecule has 0 bridgehead atoms. The van der Waals surface area contributed by atoms with Gasteiger partial charge in [0, 0.05) is 12.0 Å². The number of nitrogens with two attached hydrogens (primary N) is 1. The van der Waals surface area contributed by atoms with Gasteiger partial charge in [-0.05, 0) is 57.4 Å². The number of hydrogen-bond donors (Lipinski definition) is 1. The summed E-state index contributed by atoms with van der Waals surface area (Å²) in [6.07, 6.45) is 5.13. The zero-order valence-electron chi connectivity index (χ0n) is 16.1. The summed E-state index contributed by atoms with van der Waals surface area (Å²) in [6.45, 7) is 5.14. The number of rotatable bonds is 3. The van der Waals surface area contributed by atoms with Crippen LogP contribution in [-0.4, -0.2) is 27.3 Å². The molecule has 28 heavy (non-hydrogen) atoms. The van der Waals surface area contributed by atoms with Crippen molar-refractivity contribution in [2.45, 2.75) is 45.6 Å². The topological polar surface area (TPSA) is 95.2 Å². The fourth-order valence-electron chi connectivity index (χ4n) is 2.94. The molecule has 1 aromatic carbocycles. The summed E-state index contributed by atoms with van der Waals surface area (Å²) in [7, 11) is 0. The van der Waals surface area contributed by atoms with E-state index in [4.69, 9.17) is 10.5 Å². The molecule has 0 unspecified atom stereocenters. The molecule has 0 spiro atoms. The van der Waals surface area contributed by atoms with Crippen LogP contribution < -0.4 is 5.73 Å². The summed E-state index contributed by atoms with van der Waals surface area (Å²) in [5, 5.41) is 0. The Hall–Kier alpha value is -3.09. The fourth-order valence-corrected chi connectivity index (χ4v) is 2.94. The minimum Gasteiger partial charge on any atom is -0.456 e. The molecule has 146 valence electrons. The number of nitrogens with zero attached hydrogens (tertiary/aromatic N) is 2. The number of ether oxygens (including phenoxy) is 1. The minimum absolute atomic E-state index is 0.0606. The van der Waals surface area contributed by atoms with Crippen LogP contribution in [0.25, 0.3) is 16.8 Å². The molecule has 0 fully saturated rings. The molecule has 0 atom stereocenters. The third kappa shape index (κ3) is 4.42. The highest BCUT2D eigenvalue weighted by Crippen LogP contribution is 2.29. The van der Waals surface area contributed by atoms with Gasteiger partial charge in [0.15, 0.2) is 11.6 Å². The van der Waals surface area contributed by atoms with Crippen molar-refractivity contribution in [2.75, 3.05) is 5.73 Å². The molecule has 0 radical (unpaired) electrons. The lowest BCUT2D eigenvalue weighted by Gasteiger charge is -2.19. The number of anilines is 1. The number of benzene rings is 1.